The number of anilines is 1. The maximum Gasteiger partial charge on any atom is 0.160 e. The maximum atomic E-state index is 14.5. The molecule has 0 aliphatic heterocycles. The molecule has 2 aromatic heterocycles. The van der Waals surface area contributed by atoms with Gasteiger partial charge in [-0.3, -0.25) is 4.79 Å². The third-order valence-corrected chi connectivity index (χ3v) is 4.87. The fourth-order valence-electron chi connectivity index (χ4n) is 2.43. The van der Waals surface area contributed by atoms with Crippen molar-refractivity contribution in [2.75, 3.05) is 11.9 Å². The van der Waals surface area contributed by atoms with Crippen molar-refractivity contribution in [2.24, 2.45) is 0 Å². The average Bonchev–Trinajstić information content (AvgIpc) is 3.27. The van der Waals surface area contributed by atoms with Crippen molar-refractivity contribution in [3.63, 3.8) is 0 Å². The molecule has 0 fully saturated rings. The van der Waals surface area contributed by atoms with Crippen molar-refractivity contribution in [1.82, 2.24) is 9.78 Å². The van der Waals surface area contributed by atoms with Crippen LogP contribution in [0.3, 0.4) is 0 Å². The third kappa shape index (κ3) is 4.15. The van der Waals surface area contributed by atoms with Crippen LogP contribution < -0.4 is 5.32 Å². The maximum absolute atomic E-state index is 14.5. The Labute approximate surface area is 163 Å². The molecule has 0 aliphatic rings. The summed E-state index contributed by atoms with van der Waals surface area (Å²) in [6.07, 6.45) is 5.12. The number of aromatic nitrogens is 2. The fraction of sp³-hybridized carbons (Fsp3) is 0.0526. The highest BCUT2D eigenvalue weighted by molar-refractivity contribution is 7.12. The highest BCUT2D eigenvalue weighted by Gasteiger charge is 2.12. The number of benzene rings is 1. The number of hydrogen-bond acceptors (Lipinski definition) is 4. The summed E-state index contributed by atoms with van der Waals surface area (Å²) in [4.78, 5) is 11.4. The van der Waals surface area contributed by atoms with Crippen LogP contribution in [0.2, 0.25) is 5.02 Å². The molecule has 27 heavy (non-hydrogen) atoms. The van der Waals surface area contributed by atoms with Crippen molar-refractivity contribution in [1.29, 1.82) is 0 Å². The molecule has 1 aromatic carbocycles. The lowest BCUT2D eigenvalue weighted by Crippen LogP contribution is -2.05. The Balaban J connectivity index is 1.88. The highest BCUT2D eigenvalue weighted by atomic mass is 35.5. The topological polar surface area (TPSA) is 46.9 Å². The Morgan fingerprint density at radius 1 is 1.44 bits per heavy atom. The first kappa shape index (κ1) is 19.0. The van der Waals surface area contributed by atoms with Gasteiger partial charge in [0.05, 0.1) is 39.7 Å². The average molecular weight is 406 g/mol. The van der Waals surface area contributed by atoms with Crippen LogP contribution in [-0.2, 0) is 0 Å². The van der Waals surface area contributed by atoms with E-state index in [-0.39, 0.29) is 17.3 Å². The molecular formula is C19H14ClF2N3OS. The lowest BCUT2D eigenvalue weighted by molar-refractivity contribution is 0.112. The first-order valence-corrected chi connectivity index (χ1v) is 9.07. The van der Waals surface area contributed by atoms with E-state index in [1.807, 2.05) is 0 Å². The van der Waals surface area contributed by atoms with Gasteiger partial charge in [-0.05, 0) is 24.3 Å². The SMILES string of the molecule is C=Cc1cnn(-c2csc(C=O)c2)c1/C=C(/F)CNc1c(F)cccc1Cl. The Morgan fingerprint density at radius 2 is 2.26 bits per heavy atom. The molecule has 3 aromatic rings. The van der Waals surface area contributed by atoms with Gasteiger partial charge in [-0.25, -0.2) is 13.5 Å². The molecular weight excluding hydrogens is 392 g/mol. The Morgan fingerprint density at radius 3 is 2.93 bits per heavy atom. The number of nitrogens with zero attached hydrogens (tertiary/aromatic N) is 2. The number of para-hydroxylation sites is 1. The van der Waals surface area contributed by atoms with Gasteiger partial charge in [0.15, 0.2) is 6.29 Å². The van der Waals surface area contributed by atoms with Gasteiger partial charge >= 0.3 is 0 Å². The van der Waals surface area contributed by atoms with Gasteiger partial charge in [0.25, 0.3) is 0 Å². The fourth-order valence-corrected chi connectivity index (χ4v) is 3.33. The van der Waals surface area contributed by atoms with Crippen LogP contribution in [0, 0.1) is 5.82 Å². The predicted octanol–water partition coefficient (Wildman–Crippen LogP) is 5.60. The van der Waals surface area contributed by atoms with E-state index in [1.165, 1.54) is 40.3 Å². The summed E-state index contributed by atoms with van der Waals surface area (Å²) >= 11 is 7.19. The van der Waals surface area contributed by atoms with Crippen molar-refractivity contribution >= 4 is 47.1 Å². The quantitative estimate of drug-likeness (QED) is 0.520. The van der Waals surface area contributed by atoms with Crippen LogP contribution in [0.4, 0.5) is 14.5 Å². The highest BCUT2D eigenvalue weighted by Crippen LogP contribution is 2.26. The Kier molecular flexibility index (Phi) is 5.83. The number of halogens is 3. The number of thiophene rings is 1. The summed E-state index contributed by atoms with van der Waals surface area (Å²) in [6.45, 7) is 3.44. The van der Waals surface area contributed by atoms with Gasteiger partial charge in [0.2, 0.25) is 0 Å². The zero-order valence-corrected chi connectivity index (χ0v) is 15.5. The normalized spacial score (nSPS) is 11.4. The molecule has 0 saturated heterocycles. The molecule has 0 bridgehead atoms. The number of nitrogens with one attached hydrogen (secondary N) is 1. The molecule has 0 spiro atoms. The summed E-state index contributed by atoms with van der Waals surface area (Å²) in [7, 11) is 0. The number of carbonyl (C=O) groups is 1. The summed E-state index contributed by atoms with van der Waals surface area (Å²) in [5.74, 6) is -1.11. The van der Waals surface area contributed by atoms with E-state index in [0.29, 0.717) is 21.8 Å². The largest absolute Gasteiger partial charge is 0.375 e. The van der Waals surface area contributed by atoms with Gasteiger partial charge in [-0.2, -0.15) is 5.10 Å². The molecule has 8 heteroatoms. The molecule has 0 unspecified atom stereocenters. The molecule has 1 N–H and O–H groups in total. The summed E-state index contributed by atoms with van der Waals surface area (Å²) in [6, 6.07) is 5.88. The van der Waals surface area contributed by atoms with E-state index in [4.69, 9.17) is 11.6 Å². The molecule has 0 radical (unpaired) electrons. The number of carbonyl (C=O) groups excluding carboxylic acids is 1. The van der Waals surface area contributed by atoms with Gasteiger partial charge < -0.3 is 5.32 Å². The van der Waals surface area contributed by atoms with E-state index < -0.39 is 11.6 Å². The van der Waals surface area contributed by atoms with Gasteiger partial charge in [0, 0.05) is 10.9 Å². The number of hydrogen-bond donors (Lipinski definition) is 1. The minimum absolute atomic E-state index is 0.0358. The second kappa shape index (κ2) is 8.28. The minimum atomic E-state index is -0.563. The third-order valence-electron chi connectivity index (χ3n) is 3.71. The standard InChI is InChI=1S/C19H14ClF2N3OS/c1-2-12-8-24-25(14-7-15(10-26)27-11-14)18(12)6-13(21)9-23-19-16(20)4-3-5-17(19)22/h2-8,10-11,23H,1,9H2/b13-6+. The van der Waals surface area contributed by atoms with Crippen LogP contribution in [-0.4, -0.2) is 22.6 Å². The van der Waals surface area contributed by atoms with Crippen molar-refractivity contribution in [3.05, 3.63) is 75.2 Å². The molecule has 3 rings (SSSR count). The van der Waals surface area contributed by atoms with Gasteiger partial charge in [0.1, 0.15) is 11.6 Å². The van der Waals surface area contributed by atoms with Crippen LogP contribution in [0.5, 0.6) is 0 Å². The molecule has 0 saturated carbocycles. The Hall–Kier alpha value is -2.77. The zero-order valence-electron chi connectivity index (χ0n) is 14.0. The van der Waals surface area contributed by atoms with E-state index in [1.54, 1.807) is 23.7 Å². The minimum Gasteiger partial charge on any atom is -0.375 e. The smallest absolute Gasteiger partial charge is 0.160 e. The number of rotatable bonds is 7. The second-order valence-corrected chi connectivity index (χ2v) is 6.82. The van der Waals surface area contributed by atoms with E-state index in [9.17, 15) is 13.6 Å². The monoisotopic (exact) mass is 405 g/mol. The molecule has 0 atom stereocenters. The number of aldehydes is 1. The molecule has 0 amide bonds. The van der Waals surface area contributed by atoms with Gasteiger partial charge in [-0.1, -0.05) is 30.3 Å². The van der Waals surface area contributed by atoms with Gasteiger partial charge in [-0.15, -0.1) is 11.3 Å². The van der Waals surface area contributed by atoms with E-state index in [0.717, 1.165) is 6.29 Å². The molecule has 4 nitrogen and oxygen atoms in total. The molecule has 138 valence electrons. The second-order valence-electron chi connectivity index (χ2n) is 5.47. The van der Waals surface area contributed by atoms with E-state index >= 15 is 0 Å². The first-order valence-electron chi connectivity index (χ1n) is 7.82. The summed E-state index contributed by atoms with van der Waals surface area (Å²) < 4.78 is 29.8. The first-order chi connectivity index (χ1) is 13.0. The van der Waals surface area contributed by atoms with Crippen molar-refractivity contribution in [2.45, 2.75) is 0 Å². The predicted molar refractivity (Wildman–Crippen MR) is 106 cm³/mol. The summed E-state index contributed by atoms with van der Waals surface area (Å²) in [5, 5.41) is 8.79. The zero-order chi connectivity index (χ0) is 19.4. The van der Waals surface area contributed by atoms with Crippen molar-refractivity contribution < 1.29 is 13.6 Å². The van der Waals surface area contributed by atoms with Crippen LogP contribution in [0.15, 0.2) is 48.2 Å². The van der Waals surface area contributed by atoms with Crippen molar-refractivity contribution in [3.8, 4) is 5.69 Å². The molecule has 0 aliphatic carbocycles. The van der Waals surface area contributed by atoms with E-state index in [2.05, 4.69) is 17.0 Å². The van der Waals surface area contributed by atoms with Crippen LogP contribution in [0.25, 0.3) is 17.8 Å². The molecule has 2 heterocycles. The Bertz CT molecular complexity index is 1010. The summed E-state index contributed by atoms with van der Waals surface area (Å²) in [5.41, 5.74) is 1.75. The lowest BCUT2D eigenvalue weighted by Gasteiger charge is -2.09. The van der Waals surface area contributed by atoms with Crippen LogP contribution >= 0.6 is 22.9 Å². The van der Waals surface area contributed by atoms with Crippen LogP contribution in [0.1, 0.15) is 20.9 Å². The lowest BCUT2D eigenvalue weighted by atomic mass is 10.2.